The monoisotopic (exact) mass is 310 g/mol. The molecule has 21 heavy (non-hydrogen) atoms. The molecule has 0 atom stereocenters. The number of hydrogen-bond donors (Lipinski definition) is 0. The van der Waals surface area contributed by atoms with Crippen molar-refractivity contribution in [3.8, 4) is 0 Å². The van der Waals surface area contributed by atoms with Crippen LogP contribution >= 0.6 is 11.6 Å². The molecule has 0 amide bonds. The molecule has 0 saturated heterocycles. The van der Waals surface area contributed by atoms with E-state index in [9.17, 15) is 14.9 Å². The summed E-state index contributed by atoms with van der Waals surface area (Å²) >= 11 is 5.68. The molecular formula is C13H11ClN2O5. The fourth-order valence-electron chi connectivity index (χ4n) is 1.71. The molecule has 0 bridgehead atoms. The molecule has 0 spiro atoms. The SMILES string of the molecule is Cc1noc(C)c1COC(=O)c1ccc(Cl)c([N+](=O)[O-])c1. The molecule has 0 fully saturated rings. The molecule has 0 radical (unpaired) electrons. The third-order valence-corrected chi connectivity index (χ3v) is 3.23. The smallest absolute Gasteiger partial charge is 0.338 e. The summed E-state index contributed by atoms with van der Waals surface area (Å²) in [5.41, 5.74) is 1.01. The van der Waals surface area contributed by atoms with Crippen LogP contribution in [0.15, 0.2) is 22.7 Å². The average molecular weight is 311 g/mol. The maximum Gasteiger partial charge on any atom is 0.338 e. The number of benzene rings is 1. The van der Waals surface area contributed by atoms with Crippen molar-refractivity contribution in [2.24, 2.45) is 0 Å². The predicted molar refractivity (Wildman–Crippen MR) is 73.2 cm³/mol. The summed E-state index contributed by atoms with van der Waals surface area (Å²) in [4.78, 5) is 22.0. The molecule has 0 saturated carbocycles. The maximum absolute atomic E-state index is 11.9. The van der Waals surface area contributed by atoms with Crippen molar-refractivity contribution >= 4 is 23.3 Å². The van der Waals surface area contributed by atoms with Crippen LogP contribution in [0.3, 0.4) is 0 Å². The number of aryl methyl sites for hydroxylation is 2. The number of ether oxygens (including phenoxy) is 1. The van der Waals surface area contributed by atoms with Gasteiger partial charge in [-0.2, -0.15) is 0 Å². The van der Waals surface area contributed by atoms with E-state index in [4.69, 9.17) is 20.9 Å². The lowest BCUT2D eigenvalue weighted by Gasteiger charge is -2.05. The summed E-state index contributed by atoms with van der Waals surface area (Å²) < 4.78 is 10.1. The van der Waals surface area contributed by atoms with Crippen LogP contribution in [0.25, 0.3) is 0 Å². The van der Waals surface area contributed by atoms with Crippen molar-refractivity contribution in [2.75, 3.05) is 0 Å². The largest absolute Gasteiger partial charge is 0.457 e. The second-order valence-electron chi connectivity index (χ2n) is 4.30. The first kappa shape index (κ1) is 15.0. The van der Waals surface area contributed by atoms with E-state index in [1.807, 2.05) is 0 Å². The number of aromatic nitrogens is 1. The molecule has 0 N–H and O–H groups in total. The Bertz CT molecular complexity index is 691. The normalized spacial score (nSPS) is 10.4. The topological polar surface area (TPSA) is 95.5 Å². The average Bonchev–Trinajstić information content (AvgIpc) is 2.75. The van der Waals surface area contributed by atoms with E-state index in [0.717, 1.165) is 6.07 Å². The van der Waals surface area contributed by atoms with Crippen molar-refractivity contribution in [1.82, 2.24) is 5.16 Å². The van der Waals surface area contributed by atoms with Crippen LogP contribution in [-0.4, -0.2) is 16.0 Å². The molecule has 0 unspecified atom stereocenters. The van der Waals surface area contributed by atoms with E-state index >= 15 is 0 Å². The fourth-order valence-corrected chi connectivity index (χ4v) is 1.90. The second-order valence-corrected chi connectivity index (χ2v) is 4.71. The van der Waals surface area contributed by atoms with E-state index in [1.54, 1.807) is 13.8 Å². The molecule has 0 aliphatic rings. The van der Waals surface area contributed by atoms with Crippen LogP contribution in [0.1, 0.15) is 27.4 Å². The number of halogens is 1. The summed E-state index contributed by atoms with van der Waals surface area (Å²) in [6.45, 7) is 3.42. The fraction of sp³-hybridized carbons (Fsp3) is 0.231. The zero-order valence-corrected chi connectivity index (χ0v) is 12.0. The number of nitro groups is 1. The molecule has 2 aromatic rings. The Labute approximate surface area is 124 Å². The number of carbonyl (C=O) groups excluding carboxylic acids is 1. The Balaban J connectivity index is 2.14. The minimum atomic E-state index is -0.685. The van der Waals surface area contributed by atoms with Gasteiger partial charge >= 0.3 is 5.97 Å². The van der Waals surface area contributed by atoms with Crippen molar-refractivity contribution < 1.29 is 19.0 Å². The summed E-state index contributed by atoms with van der Waals surface area (Å²) in [5.74, 6) is -0.128. The van der Waals surface area contributed by atoms with Crippen LogP contribution in [0.4, 0.5) is 5.69 Å². The van der Waals surface area contributed by atoms with Gasteiger partial charge in [0.1, 0.15) is 17.4 Å². The lowest BCUT2D eigenvalue weighted by atomic mass is 10.2. The number of nitrogens with zero attached hydrogens (tertiary/aromatic N) is 2. The van der Waals surface area contributed by atoms with Crippen molar-refractivity contribution in [3.05, 3.63) is 55.9 Å². The van der Waals surface area contributed by atoms with Crippen molar-refractivity contribution in [3.63, 3.8) is 0 Å². The first-order valence-corrected chi connectivity index (χ1v) is 6.30. The molecule has 1 aromatic heterocycles. The number of esters is 1. The van der Waals surface area contributed by atoms with Crippen LogP contribution in [-0.2, 0) is 11.3 Å². The minimum Gasteiger partial charge on any atom is -0.457 e. The van der Waals surface area contributed by atoms with Gasteiger partial charge in [0.15, 0.2) is 0 Å². The molecule has 2 rings (SSSR count). The molecular weight excluding hydrogens is 300 g/mol. The molecule has 8 heteroatoms. The van der Waals surface area contributed by atoms with E-state index in [0.29, 0.717) is 17.0 Å². The standard InChI is InChI=1S/C13H11ClN2O5/c1-7-10(8(2)21-15-7)6-20-13(17)9-3-4-11(14)12(5-9)16(18)19/h3-5H,6H2,1-2H3. The van der Waals surface area contributed by atoms with Crippen LogP contribution < -0.4 is 0 Å². The molecule has 110 valence electrons. The van der Waals surface area contributed by atoms with Gasteiger partial charge in [-0.3, -0.25) is 10.1 Å². The summed E-state index contributed by atoms with van der Waals surface area (Å²) in [6, 6.07) is 3.73. The van der Waals surface area contributed by atoms with E-state index < -0.39 is 10.9 Å². The lowest BCUT2D eigenvalue weighted by molar-refractivity contribution is -0.384. The number of rotatable bonds is 4. The van der Waals surface area contributed by atoms with E-state index in [2.05, 4.69) is 5.16 Å². The number of carbonyl (C=O) groups is 1. The first-order chi connectivity index (χ1) is 9.90. The third kappa shape index (κ3) is 3.19. The van der Waals surface area contributed by atoms with Gasteiger partial charge in [0.05, 0.1) is 21.7 Å². The van der Waals surface area contributed by atoms with Gasteiger partial charge in [0.2, 0.25) is 0 Å². The highest BCUT2D eigenvalue weighted by Crippen LogP contribution is 2.25. The van der Waals surface area contributed by atoms with Crippen LogP contribution in [0, 0.1) is 24.0 Å². The lowest BCUT2D eigenvalue weighted by Crippen LogP contribution is -2.06. The summed E-state index contributed by atoms with van der Waals surface area (Å²) in [6.07, 6.45) is 0. The van der Waals surface area contributed by atoms with E-state index in [1.165, 1.54) is 12.1 Å². The minimum absolute atomic E-state index is 0.0174. The zero-order chi connectivity index (χ0) is 15.6. The molecule has 7 nitrogen and oxygen atoms in total. The van der Waals surface area contributed by atoms with Gasteiger partial charge in [0, 0.05) is 6.07 Å². The molecule has 0 aliphatic heterocycles. The molecule has 0 aliphatic carbocycles. The van der Waals surface area contributed by atoms with Crippen molar-refractivity contribution in [1.29, 1.82) is 0 Å². The van der Waals surface area contributed by atoms with Crippen LogP contribution in [0.5, 0.6) is 0 Å². The van der Waals surface area contributed by atoms with Gasteiger partial charge in [-0.1, -0.05) is 16.8 Å². The second kappa shape index (κ2) is 5.92. The van der Waals surface area contributed by atoms with Gasteiger partial charge in [-0.25, -0.2) is 4.79 Å². The third-order valence-electron chi connectivity index (χ3n) is 2.91. The van der Waals surface area contributed by atoms with Gasteiger partial charge in [-0.05, 0) is 26.0 Å². The zero-order valence-electron chi connectivity index (χ0n) is 11.3. The quantitative estimate of drug-likeness (QED) is 0.489. The Morgan fingerprint density at radius 2 is 2.19 bits per heavy atom. The molecule has 1 aromatic carbocycles. The number of nitro benzene ring substituents is 1. The Hall–Kier alpha value is -2.41. The highest BCUT2D eigenvalue weighted by molar-refractivity contribution is 6.32. The van der Waals surface area contributed by atoms with E-state index in [-0.39, 0.29) is 22.9 Å². The number of hydrogen-bond acceptors (Lipinski definition) is 6. The van der Waals surface area contributed by atoms with Gasteiger partial charge in [0.25, 0.3) is 5.69 Å². The summed E-state index contributed by atoms with van der Waals surface area (Å²) in [5, 5.41) is 14.5. The Morgan fingerprint density at radius 3 is 2.76 bits per heavy atom. The summed E-state index contributed by atoms with van der Waals surface area (Å²) in [7, 11) is 0. The molecule has 1 heterocycles. The van der Waals surface area contributed by atoms with Crippen LogP contribution in [0.2, 0.25) is 5.02 Å². The predicted octanol–water partition coefficient (Wildman–Crippen LogP) is 3.21. The Morgan fingerprint density at radius 1 is 1.48 bits per heavy atom. The van der Waals surface area contributed by atoms with Gasteiger partial charge < -0.3 is 9.26 Å². The van der Waals surface area contributed by atoms with Gasteiger partial charge in [-0.15, -0.1) is 0 Å². The maximum atomic E-state index is 11.9. The highest BCUT2D eigenvalue weighted by atomic mass is 35.5. The Kier molecular flexibility index (Phi) is 4.23. The highest BCUT2D eigenvalue weighted by Gasteiger charge is 2.18. The first-order valence-electron chi connectivity index (χ1n) is 5.93. The van der Waals surface area contributed by atoms with Crippen molar-refractivity contribution in [2.45, 2.75) is 20.5 Å².